The molecule has 1 aromatic rings. The minimum Gasteiger partial charge on any atom is -0.367 e. The quantitative estimate of drug-likeness (QED) is 0.826. The van der Waals surface area contributed by atoms with E-state index in [0.717, 1.165) is 17.2 Å². The summed E-state index contributed by atoms with van der Waals surface area (Å²) in [5, 5.41) is 3.99. The Kier molecular flexibility index (Phi) is 4.60. The van der Waals surface area contributed by atoms with Gasteiger partial charge in [0, 0.05) is 17.5 Å². The summed E-state index contributed by atoms with van der Waals surface area (Å²) in [6, 6.07) is 0.308. The molecule has 0 aliphatic heterocycles. The van der Waals surface area contributed by atoms with Crippen LogP contribution < -0.4 is 5.32 Å². The molecule has 1 unspecified atom stereocenters. The van der Waals surface area contributed by atoms with E-state index in [1.165, 1.54) is 0 Å². The van der Waals surface area contributed by atoms with Gasteiger partial charge in [-0.2, -0.15) is 0 Å². The highest BCUT2D eigenvalue weighted by molar-refractivity contribution is 6.30. The lowest BCUT2D eigenvalue weighted by atomic mass is 9.88. The van der Waals surface area contributed by atoms with Gasteiger partial charge in [0.25, 0.3) is 0 Å². The van der Waals surface area contributed by atoms with Gasteiger partial charge in [0.1, 0.15) is 16.8 Å². The zero-order valence-corrected chi connectivity index (χ0v) is 13.2. The molecular formula is C14H24ClN3. The molecule has 0 fully saturated rings. The maximum atomic E-state index is 6.17. The van der Waals surface area contributed by atoms with Crippen molar-refractivity contribution in [3.63, 3.8) is 0 Å². The highest BCUT2D eigenvalue weighted by Crippen LogP contribution is 2.27. The lowest BCUT2D eigenvalue weighted by Crippen LogP contribution is -2.31. The summed E-state index contributed by atoms with van der Waals surface area (Å²) in [6.45, 7) is 14.8. The Morgan fingerprint density at radius 1 is 1.11 bits per heavy atom. The van der Waals surface area contributed by atoms with Gasteiger partial charge in [-0.05, 0) is 19.3 Å². The lowest BCUT2D eigenvalue weighted by molar-refractivity contribution is 0.358. The van der Waals surface area contributed by atoms with Crippen molar-refractivity contribution in [1.82, 2.24) is 9.97 Å². The van der Waals surface area contributed by atoms with Gasteiger partial charge >= 0.3 is 0 Å². The van der Waals surface area contributed by atoms with E-state index in [-0.39, 0.29) is 11.3 Å². The minimum atomic E-state index is 0.169. The molecule has 3 nitrogen and oxygen atoms in total. The zero-order valence-electron chi connectivity index (χ0n) is 12.4. The van der Waals surface area contributed by atoms with Gasteiger partial charge in [-0.15, -0.1) is 0 Å². The Labute approximate surface area is 115 Å². The minimum absolute atomic E-state index is 0.169. The van der Waals surface area contributed by atoms with Crippen LogP contribution in [-0.4, -0.2) is 16.0 Å². The Bertz CT molecular complexity index is 422. The van der Waals surface area contributed by atoms with Crippen LogP contribution in [0.3, 0.4) is 0 Å². The number of hydrogen-bond donors (Lipinski definition) is 1. The van der Waals surface area contributed by atoms with Crippen LogP contribution in [0.1, 0.15) is 58.8 Å². The monoisotopic (exact) mass is 269 g/mol. The maximum Gasteiger partial charge on any atom is 0.137 e. The first-order valence-electron chi connectivity index (χ1n) is 6.43. The number of nitrogens with zero attached hydrogens (tertiary/aromatic N) is 2. The summed E-state index contributed by atoms with van der Waals surface area (Å²) in [5.74, 6) is 1.91. The predicted molar refractivity (Wildman–Crippen MR) is 78.4 cm³/mol. The molecule has 0 aromatic carbocycles. The Hall–Kier alpha value is -0.830. The summed E-state index contributed by atoms with van der Waals surface area (Å²) in [7, 11) is 0. The first-order valence-corrected chi connectivity index (χ1v) is 6.81. The van der Waals surface area contributed by atoms with Gasteiger partial charge in [-0.3, -0.25) is 0 Å². The standard InChI is InChI=1S/C14H24ClN3/c1-8(2)12-17-11(15)9(3)13(18-12)16-10(4)14(5,6)7/h8,10H,1-7H3,(H,16,17,18). The third-order valence-corrected chi connectivity index (χ3v) is 3.64. The summed E-state index contributed by atoms with van der Waals surface area (Å²) in [5.41, 5.74) is 1.08. The van der Waals surface area contributed by atoms with Gasteiger partial charge in [-0.25, -0.2) is 9.97 Å². The van der Waals surface area contributed by atoms with E-state index in [1.807, 2.05) is 6.92 Å². The maximum absolute atomic E-state index is 6.17. The molecule has 1 N–H and O–H groups in total. The van der Waals surface area contributed by atoms with Crippen molar-refractivity contribution in [3.05, 3.63) is 16.5 Å². The Morgan fingerprint density at radius 3 is 2.11 bits per heavy atom. The first kappa shape index (κ1) is 15.2. The number of aromatic nitrogens is 2. The molecule has 4 heteroatoms. The van der Waals surface area contributed by atoms with Crippen LogP contribution in [0.5, 0.6) is 0 Å². The number of halogens is 1. The molecule has 0 bridgehead atoms. The highest BCUT2D eigenvalue weighted by atomic mass is 35.5. The van der Waals surface area contributed by atoms with E-state index in [9.17, 15) is 0 Å². The third kappa shape index (κ3) is 3.58. The Balaban J connectivity index is 3.08. The average molecular weight is 270 g/mol. The summed E-state index contributed by atoms with van der Waals surface area (Å²) in [6.07, 6.45) is 0. The second-order valence-corrected chi connectivity index (χ2v) is 6.59. The smallest absolute Gasteiger partial charge is 0.137 e. The molecule has 0 radical (unpaired) electrons. The summed E-state index contributed by atoms with van der Waals surface area (Å²) >= 11 is 6.17. The first-order chi connectivity index (χ1) is 8.12. The largest absolute Gasteiger partial charge is 0.367 e. The molecule has 1 rings (SSSR count). The highest BCUT2D eigenvalue weighted by Gasteiger charge is 2.22. The lowest BCUT2D eigenvalue weighted by Gasteiger charge is -2.29. The summed E-state index contributed by atoms with van der Waals surface area (Å²) in [4.78, 5) is 8.90. The van der Waals surface area contributed by atoms with E-state index in [0.29, 0.717) is 11.2 Å². The fourth-order valence-electron chi connectivity index (χ4n) is 1.33. The van der Waals surface area contributed by atoms with Gasteiger partial charge in [0.15, 0.2) is 0 Å². The van der Waals surface area contributed by atoms with Crippen molar-refractivity contribution in [2.24, 2.45) is 5.41 Å². The average Bonchev–Trinajstić information content (AvgIpc) is 2.22. The van der Waals surface area contributed by atoms with Gasteiger partial charge in [0.2, 0.25) is 0 Å². The second-order valence-electron chi connectivity index (χ2n) is 6.23. The topological polar surface area (TPSA) is 37.8 Å². The van der Waals surface area contributed by atoms with E-state index in [4.69, 9.17) is 11.6 Å². The normalized spacial score (nSPS) is 13.8. The van der Waals surface area contributed by atoms with Gasteiger partial charge in [0.05, 0.1) is 0 Å². The van der Waals surface area contributed by atoms with E-state index in [1.54, 1.807) is 0 Å². The van der Waals surface area contributed by atoms with Crippen molar-refractivity contribution in [3.8, 4) is 0 Å². The molecule has 1 aromatic heterocycles. The number of anilines is 1. The third-order valence-electron chi connectivity index (χ3n) is 3.27. The SMILES string of the molecule is Cc1c(Cl)nc(C(C)C)nc1NC(C)C(C)(C)C. The predicted octanol–water partition coefficient (Wildman–Crippen LogP) is 4.41. The fourth-order valence-corrected chi connectivity index (χ4v) is 1.50. The molecule has 102 valence electrons. The second kappa shape index (κ2) is 5.43. The van der Waals surface area contributed by atoms with Gasteiger partial charge < -0.3 is 5.32 Å². The van der Waals surface area contributed by atoms with Crippen LogP contribution >= 0.6 is 11.6 Å². The van der Waals surface area contributed by atoms with Crippen LogP contribution in [-0.2, 0) is 0 Å². The van der Waals surface area contributed by atoms with E-state index in [2.05, 4.69) is 56.8 Å². The molecular weight excluding hydrogens is 246 g/mol. The molecule has 0 aliphatic rings. The van der Waals surface area contributed by atoms with Crippen LogP contribution in [0.25, 0.3) is 0 Å². The van der Waals surface area contributed by atoms with Gasteiger partial charge in [-0.1, -0.05) is 46.2 Å². The molecule has 0 spiro atoms. The van der Waals surface area contributed by atoms with Crippen LogP contribution in [0, 0.1) is 12.3 Å². The molecule has 18 heavy (non-hydrogen) atoms. The van der Waals surface area contributed by atoms with Crippen molar-refractivity contribution in [2.45, 2.75) is 60.4 Å². The number of nitrogens with one attached hydrogen (secondary N) is 1. The van der Waals surface area contributed by atoms with Crippen LogP contribution in [0.15, 0.2) is 0 Å². The molecule has 1 heterocycles. The molecule has 1 atom stereocenters. The molecule has 0 saturated carbocycles. The summed E-state index contributed by atoms with van der Waals surface area (Å²) < 4.78 is 0. The van der Waals surface area contributed by atoms with Crippen molar-refractivity contribution in [2.75, 3.05) is 5.32 Å². The molecule has 0 amide bonds. The number of hydrogen-bond acceptors (Lipinski definition) is 3. The van der Waals surface area contributed by atoms with Crippen molar-refractivity contribution in [1.29, 1.82) is 0 Å². The van der Waals surface area contributed by atoms with E-state index >= 15 is 0 Å². The molecule has 0 saturated heterocycles. The fraction of sp³-hybridized carbons (Fsp3) is 0.714. The van der Waals surface area contributed by atoms with Crippen molar-refractivity contribution >= 4 is 17.4 Å². The number of rotatable bonds is 3. The van der Waals surface area contributed by atoms with E-state index < -0.39 is 0 Å². The van der Waals surface area contributed by atoms with Crippen LogP contribution in [0.4, 0.5) is 5.82 Å². The van der Waals surface area contributed by atoms with Crippen molar-refractivity contribution < 1.29 is 0 Å². The Morgan fingerprint density at radius 2 is 1.67 bits per heavy atom. The van der Waals surface area contributed by atoms with Crippen LogP contribution in [0.2, 0.25) is 5.15 Å². The molecule has 0 aliphatic carbocycles. The zero-order chi connectivity index (χ0) is 14.1.